The Labute approximate surface area is 151 Å². The number of aromatic nitrogens is 2. The van der Waals surface area contributed by atoms with Crippen LogP contribution in [0.25, 0.3) is 11.5 Å². The quantitative estimate of drug-likeness (QED) is 0.640. The van der Waals surface area contributed by atoms with E-state index in [2.05, 4.69) is 14.9 Å². The highest BCUT2D eigenvalue weighted by molar-refractivity contribution is 7.09. The molecule has 0 atom stereocenters. The first-order valence-corrected chi connectivity index (χ1v) is 8.74. The molecule has 3 rings (SSSR count). The Balaban J connectivity index is 1.78. The van der Waals surface area contributed by atoms with Crippen LogP contribution in [-0.4, -0.2) is 36.1 Å². The Morgan fingerprint density at radius 2 is 1.96 bits per heavy atom. The summed E-state index contributed by atoms with van der Waals surface area (Å²) >= 11 is 1.65. The number of oxazole rings is 1. The molecule has 132 valence electrons. The molecule has 0 saturated heterocycles. The normalized spacial score (nSPS) is 11.1. The molecule has 0 saturated carbocycles. The van der Waals surface area contributed by atoms with Crippen LogP contribution in [0.4, 0.5) is 0 Å². The number of nitrogens with zero attached hydrogens (tertiary/aromatic N) is 3. The van der Waals surface area contributed by atoms with E-state index < -0.39 is 0 Å². The molecule has 0 aliphatic rings. The minimum Gasteiger partial charge on any atom is -0.493 e. The van der Waals surface area contributed by atoms with E-state index in [-0.39, 0.29) is 0 Å². The fraction of sp³-hybridized carbons (Fsp3) is 0.333. The number of aryl methyl sites for hydroxylation is 1. The summed E-state index contributed by atoms with van der Waals surface area (Å²) in [6, 6.07) is 5.63. The van der Waals surface area contributed by atoms with Crippen LogP contribution in [0.15, 0.2) is 34.2 Å². The van der Waals surface area contributed by atoms with Crippen LogP contribution in [0.1, 0.15) is 16.5 Å². The minimum absolute atomic E-state index is 0.580. The summed E-state index contributed by atoms with van der Waals surface area (Å²) in [6.45, 7) is 3.42. The van der Waals surface area contributed by atoms with E-state index in [9.17, 15) is 0 Å². The van der Waals surface area contributed by atoms with E-state index in [1.165, 1.54) is 0 Å². The molecule has 2 aromatic heterocycles. The average Bonchev–Trinajstić information content (AvgIpc) is 3.24. The topological polar surface area (TPSA) is 60.6 Å². The molecule has 0 bridgehead atoms. The van der Waals surface area contributed by atoms with Gasteiger partial charge in [0.05, 0.1) is 26.5 Å². The molecule has 2 heterocycles. The van der Waals surface area contributed by atoms with Gasteiger partial charge in [-0.15, -0.1) is 11.3 Å². The monoisotopic (exact) mass is 359 g/mol. The van der Waals surface area contributed by atoms with Crippen LogP contribution in [0, 0.1) is 6.92 Å². The number of rotatable bonds is 7. The van der Waals surface area contributed by atoms with Crippen molar-refractivity contribution in [2.45, 2.75) is 20.0 Å². The van der Waals surface area contributed by atoms with E-state index in [0.29, 0.717) is 23.9 Å². The van der Waals surface area contributed by atoms with Gasteiger partial charge >= 0.3 is 0 Å². The third kappa shape index (κ3) is 4.00. The van der Waals surface area contributed by atoms with Crippen LogP contribution < -0.4 is 9.47 Å². The van der Waals surface area contributed by atoms with E-state index in [1.54, 1.807) is 25.6 Å². The maximum atomic E-state index is 5.86. The maximum absolute atomic E-state index is 5.86. The molecule has 6 nitrogen and oxygen atoms in total. The zero-order chi connectivity index (χ0) is 17.8. The second-order valence-electron chi connectivity index (χ2n) is 5.69. The van der Waals surface area contributed by atoms with Crippen molar-refractivity contribution in [1.82, 2.24) is 14.9 Å². The van der Waals surface area contributed by atoms with Crippen molar-refractivity contribution in [2.24, 2.45) is 0 Å². The van der Waals surface area contributed by atoms with Gasteiger partial charge in [0.2, 0.25) is 5.89 Å². The lowest BCUT2D eigenvalue weighted by Crippen LogP contribution is -2.17. The third-order valence-corrected chi connectivity index (χ3v) is 4.60. The highest BCUT2D eigenvalue weighted by atomic mass is 32.1. The Morgan fingerprint density at radius 1 is 1.16 bits per heavy atom. The Bertz CT molecular complexity index is 830. The van der Waals surface area contributed by atoms with Gasteiger partial charge in [-0.25, -0.2) is 9.97 Å². The highest BCUT2D eigenvalue weighted by Crippen LogP contribution is 2.32. The SMILES string of the molecule is COc1ccc(-c2nc(CN(C)Cc3nccs3)c(C)o2)cc1OC. The molecule has 0 aliphatic heterocycles. The van der Waals surface area contributed by atoms with Gasteiger partial charge in [0.1, 0.15) is 10.8 Å². The number of ether oxygens (including phenoxy) is 2. The lowest BCUT2D eigenvalue weighted by Gasteiger charge is -2.13. The molecule has 0 spiro atoms. The summed E-state index contributed by atoms with van der Waals surface area (Å²) in [4.78, 5) is 11.1. The van der Waals surface area contributed by atoms with Crippen molar-refractivity contribution in [3.63, 3.8) is 0 Å². The van der Waals surface area contributed by atoms with Gasteiger partial charge < -0.3 is 13.9 Å². The molecule has 0 fully saturated rings. The summed E-state index contributed by atoms with van der Waals surface area (Å²) in [7, 11) is 5.27. The smallest absolute Gasteiger partial charge is 0.226 e. The van der Waals surface area contributed by atoms with E-state index in [0.717, 1.165) is 28.6 Å². The Morgan fingerprint density at radius 3 is 2.64 bits per heavy atom. The molecular weight excluding hydrogens is 338 g/mol. The molecule has 1 aromatic carbocycles. The second kappa shape index (κ2) is 7.67. The molecule has 0 amide bonds. The first-order chi connectivity index (χ1) is 12.1. The summed E-state index contributed by atoms with van der Waals surface area (Å²) in [5.74, 6) is 2.73. The number of methoxy groups -OCH3 is 2. The highest BCUT2D eigenvalue weighted by Gasteiger charge is 2.15. The van der Waals surface area contributed by atoms with Crippen molar-refractivity contribution >= 4 is 11.3 Å². The van der Waals surface area contributed by atoms with Gasteiger partial charge in [-0.05, 0) is 32.2 Å². The predicted octanol–water partition coefficient (Wildman–Crippen LogP) is 3.76. The van der Waals surface area contributed by atoms with E-state index in [1.807, 2.05) is 43.7 Å². The predicted molar refractivity (Wildman–Crippen MR) is 97.1 cm³/mol. The van der Waals surface area contributed by atoms with Crippen molar-refractivity contribution in [2.75, 3.05) is 21.3 Å². The minimum atomic E-state index is 0.580. The Hall–Kier alpha value is -2.38. The fourth-order valence-corrected chi connectivity index (χ4v) is 3.24. The molecular formula is C18H21N3O3S. The summed E-state index contributed by atoms with van der Waals surface area (Å²) in [5.41, 5.74) is 1.78. The molecule has 0 N–H and O–H groups in total. The van der Waals surface area contributed by atoms with Gasteiger partial charge in [-0.1, -0.05) is 0 Å². The molecule has 25 heavy (non-hydrogen) atoms. The summed E-state index contributed by atoms with van der Waals surface area (Å²) < 4.78 is 16.5. The number of hydrogen-bond donors (Lipinski definition) is 0. The first-order valence-electron chi connectivity index (χ1n) is 7.86. The lowest BCUT2D eigenvalue weighted by molar-refractivity contribution is 0.313. The molecule has 3 aromatic rings. The molecule has 0 unspecified atom stereocenters. The zero-order valence-corrected chi connectivity index (χ0v) is 15.6. The zero-order valence-electron chi connectivity index (χ0n) is 14.8. The average molecular weight is 359 g/mol. The Kier molecular flexibility index (Phi) is 5.35. The fourth-order valence-electron chi connectivity index (χ4n) is 2.54. The van der Waals surface area contributed by atoms with Crippen LogP contribution in [-0.2, 0) is 13.1 Å². The standard InChI is InChI=1S/C18H21N3O3S/c1-12-14(10-21(2)11-17-19-7-8-25-17)20-18(24-12)13-5-6-15(22-3)16(9-13)23-4/h5-9H,10-11H2,1-4H3. The number of benzene rings is 1. The third-order valence-electron chi connectivity index (χ3n) is 3.83. The molecule has 0 radical (unpaired) electrons. The maximum Gasteiger partial charge on any atom is 0.226 e. The number of hydrogen-bond acceptors (Lipinski definition) is 7. The van der Waals surface area contributed by atoms with Crippen LogP contribution >= 0.6 is 11.3 Å². The largest absolute Gasteiger partial charge is 0.493 e. The lowest BCUT2D eigenvalue weighted by atomic mass is 10.2. The first kappa shape index (κ1) is 17.4. The van der Waals surface area contributed by atoms with Crippen LogP contribution in [0.5, 0.6) is 11.5 Å². The second-order valence-corrected chi connectivity index (χ2v) is 6.67. The van der Waals surface area contributed by atoms with Crippen molar-refractivity contribution in [1.29, 1.82) is 0 Å². The molecule has 7 heteroatoms. The van der Waals surface area contributed by atoms with Gasteiger partial charge in [0.15, 0.2) is 11.5 Å². The van der Waals surface area contributed by atoms with Crippen LogP contribution in [0.2, 0.25) is 0 Å². The van der Waals surface area contributed by atoms with Crippen molar-refractivity contribution in [3.8, 4) is 23.0 Å². The van der Waals surface area contributed by atoms with Gasteiger partial charge in [-0.2, -0.15) is 0 Å². The molecule has 0 aliphatic carbocycles. The summed E-state index contributed by atoms with van der Waals surface area (Å²) in [6.07, 6.45) is 1.82. The van der Waals surface area contributed by atoms with Crippen LogP contribution in [0.3, 0.4) is 0 Å². The van der Waals surface area contributed by atoms with Crippen molar-refractivity contribution in [3.05, 3.63) is 46.2 Å². The van der Waals surface area contributed by atoms with Crippen molar-refractivity contribution < 1.29 is 13.9 Å². The van der Waals surface area contributed by atoms with E-state index in [4.69, 9.17) is 13.9 Å². The van der Waals surface area contributed by atoms with Gasteiger partial charge in [0.25, 0.3) is 0 Å². The number of thiazole rings is 1. The summed E-state index contributed by atoms with van der Waals surface area (Å²) in [5, 5.41) is 3.07. The van der Waals surface area contributed by atoms with E-state index >= 15 is 0 Å². The van der Waals surface area contributed by atoms with Gasteiger partial charge in [0, 0.05) is 23.7 Å². The van der Waals surface area contributed by atoms with Gasteiger partial charge in [-0.3, -0.25) is 4.90 Å².